The molecule has 0 amide bonds. The molecule has 1 fully saturated rings. The lowest BCUT2D eigenvalue weighted by Crippen LogP contribution is -2.55. The van der Waals surface area contributed by atoms with Gasteiger partial charge in [-0.15, -0.1) is 5.54 Å². The third-order valence-corrected chi connectivity index (χ3v) is 6.30. The molecule has 2 rings (SSSR count). The highest BCUT2D eigenvalue weighted by Gasteiger charge is 2.56. The van der Waals surface area contributed by atoms with E-state index in [0.717, 1.165) is 18.4 Å². The number of aryl methyl sites for hydroxylation is 1. The average Bonchev–Trinajstić information content (AvgIpc) is 2.42. The van der Waals surface area contributed by atoms with Crippen molar-refractivity contribution in [1.82, 2.24) is 0 Å². The molecule has 0 aliphatic heterocycles. The van der Waals surface area contributed by atoms with Crippen LogP contribution >= 0.6 is 0 Å². The molecule has 3 heteroatoms. The highest BCUT2D eigenvalue weighted by molar-refractivity contribution is 6.83. The summed E-state index contributed by atoms with van der Waals surface area (Å²) in [6, 6.07) is 5.23. The molecule has 25 heavy (non-hydrogen) atoms. The minimum absolute atomic E-state index is 0.101. The standard InChI is InChI=1S/C22H33FOSi/c1-16-13-17(9-10-19(16)23)18-14-20(2,3)15-21(4,5)22(18,24)11-12-25(6,7)8/h9-10,13,18,24H,14-15H2,1-8H3. The molecule has 0 heterocycles. The van der Waals surface area contributed by atoms with Gasteiger partial charge < -0.3 is 5.11 Å². The summed E-state index contributed by atoms with van der Waals surface area (Å²) in [4.78, 5) is 0. The van der Waals surface area contributed by atoms with Gasteiger partial charge in [-0.25, -0.2) is 4.39 Å². The summed E-state index contributed by atoms with van der Waals surface area (Å²) < 4.78 is 13.8. The van der Waals surface area contributed by atoms with Crippen LogP contribution in [-0.4, -0.2) is 18.8 Å². The Morgan fingerprint density at radius 3 is 2.28 bits per heavy atom. The van der Waals surface area contributed by atoms with Crippen LogP contribution in [0.25, 0.3) is 0 Å². The van der Waals surface area contributed by atoms with Crippen molar-refractivity contribution < 1.29 is 9.50 Å². The van der Waals surface area contributed by atoms with Crippen molar-refractivity contribution >= 4 is 8.07 Å². The zero-order chi connectivity index (χ0) is 19.3. The van der Waals surface area contributed by atoms with Gasteiger partial charge in [0.1, 0.15) is 19.5 Å². The van der Waals surface area contributed by atoms with Gasteiger partial charge >= 0.3 is 0 Å². The molecule has 0 saturated heterocycles. The van der Waals surface area contributed by atoms with Crippen LogP contribution in [0.4, 0.5) is 4.39 Å². The van der Waals surface area contributed by atoms with Crippen molar-refractivity contribution in [2.24, 2.45) is 10.8 Å². The fraction of sp³-hybridized carbons (Fsp3) is 0.636. The van der Waals surface area contributed by atoms with Crippen LogP contribution in [0.5, 0.6) is 0 Å². The van der Waals surface area contributed by atoms with E-state index in [1.54, 1.807) is 6.92 Å². The van der Waals surface area contributed by atoms with Crippen LogP contribution in [0.3, 0.4) is 0 Å². The van der Waals surface area contributed by atoms with E-state index in [1.165, 1.54) is 6.07 Å². The van der Waals surface area contributed by atoms with Crippen LogP contribution in [0.2, 0.25) is 19.6 Å². The van der Waals surface area contributed by atoms with E-state index in [4.69, 9.17) is 0 Å². The van der Waals surface area contributed by atoms with Gasteiger partial charge in [-0.3, -0.25) is 0 Å². The molecule has 1 aromatic carbocycles. The molecule has 1 aliphatic carbocycles. The summed E-state index contributed by atoms with van der Waals surface area (Å²) in [5.74, 6) is 3.01. The van der Waals surface area contributed by atoms with Crippen molar-refractivity contribution in [3.63, 3.8) is 0 Å². The lowest BCUT2D eigenvalue weighted by Gasteiger charge is -2.54. The fourth-order valence-electron chi connectivity index (χ4n) is 4.36. The first-order valence-corrected chi connectivity index (χ1v) is 12.7. The molecule has 2 atom stereocenters. The Kier molecular flexibility index (Phi) is 5.05. The fourth-order valence-corrected chi connectivity index (χ4v) is 4.92. The Labute approximate surface area is 154 Å². The Morgan fingerprint density at radius 2 is 1.76 bits per heavy atom. The summed E-state index contributed by atoms with van der Waals surface area (Å²) in [6.07, 6.45) is 1.76. The predicted molar refractivity (Wildman–Crippen MR) is 107 cm³/mol. The maximum atomic E-state index is 13.8. The largest absolute Gasteiger partial charge is 0.376 e. The van der Waals surface area contributed by atoms with E-state index in [2.05, 4.69) is 58.8 Å². The molecule has 1 aliphatic rings. The van der Waals surface area contributed by atoms with Gasteiger partial charge in [0.15, 0.2) is 0 Å². The van der Waals surface area contributed by atoms with Gasteiger partial charge in [0, 0.05) is 11.3 Å². The van der Waals surface area contributed by atoms with Crippen molar-refractivity contribution in [3.8, 4) is 11.5 Å². The first-order chi connectivity index (χ1) is 11.2. The van der Waals surface area contributed by atoms with Gasteiger partial charge in [0.05, 0.1) is 0 Å². The molecule has 138 valence electrons. The number of aliphatic hydroxyl groups is 1. The molecule has 1 nitrogen and oxygen atoms in total. The maximum absolute atomic E-state index is 13.8. The number of rotatable bonds is 1. The van der Waals surface area contributed by atoms with E-state index in [9.17, 15) is 9.50 Å². The Hall–Kier alpha value is -1.11. The first-order valence-electron chi connectivity index (χ1n) is 9.20. The van der Waals surface area contributed by atoms with Crippen molar-refractivity contribution in [3.05, 3.63) is 35.1 Å². The average molecular weight is 361 g/mol. The highest BCUT2D eigenvalue weighted by Crippen LogP contribution is 2.57. The van der Waals surface area contributed by atoms with Crippen LogP contribution < -0.4 is 0 Å². The Bertz CT molecular complexity index is 718. The van der Waals surface area contributed by atoms with Crippen molar-refractivity contribution in [1.29, 1.82) is 0 Å². The van der Waals surface area contributed by atoms with E-state index in [-0.39, 0.29) is 22.6 Å². The summed E-state index contributed by atoms with van der Waals surface area (Å²) in [5, 5.41) is 11.8. The number of hydrogen-bond donors (Lipinski definition) is 1. The Morgan fingerprint density at radius 1 is 1.16 bits per heavy atom. The zero-order valence-corrected chi connectivity index (χ0v) is 18.0. The number of benzene rings is 1. The van der Waals surface area contributed by atoms with Crippen LogP contribution in [0.15, 0.2) is 18.2 Å². The van der Waals surface area contributed by atoms with Crippen LogP contribution in [0.1, 0.15) is 57.6 Å². The van der Waals surface area contributed by atoms with E-state index >= 15 is 0 Å². The third-order valence-electron chi connectivity index (χ3n) is 5.43. The van der Waals surface area contributed by atoms with Crippen LogP contribution in [0, 0.1) is 35.0 Å². The zero-order valence-electron chi connectivity index (χ0n) is 17.0. The topological polar surface area (TPSA) is 20.2 Å². The van der Waals surface area contributed by atoms with Gasteiger partial charge in [0.25, 0.3) is 0 Å². The smallest absolute Gasteiger partial charge is 0.136 e. The summed E-state index contributed by atoms with van der Waals surface area (Å²) in [5.41, 5.74) is 3.68. The highest BCUT2D eigenvalue weighted by atomic mass is 28.3. The SMILES string of the molecule is Cc1cc(C2CC(C)(C)CC(C)(C)C2(O)C#C[Si](C)(C)C)ccc1F. The molecular weight excluding hydrogens is 327 g/mol. The minimum atomic E-state index is -1.62. The molecule has 1 saturated carbocycles. The van der Waals surface area contributed by atoms with Gasteiger partial charge in [-0.2, -0.15) is 0 Å². The second-order valence-electron chi connectivity index (χ2n) is 10.3. The molecule has 0 bridgehead atoms. The van der Waals surface area contributed by atoms with Gasteiger partial charge in [-0.1, -0.05) is 65.4 Å². The normalized spacial score (nSPS) is 28.2. The Balaban J connectivity index is 2.64. The summed E-state index contributed by atoms with van der Waals surface area (Å²) in [6.45, 7) is 17.1. The van der Waals surface area contributed by atoms with E-state index in [0.29, 0.717) is 5.56 Å². The van der Waals surface area contributed by atoms with E-state index < -0.39 is 13.7 Å². The lowest BCUT2D eigenvalue weighted by molar-refractivity contribution is -0.101. The number of halogens is 1. The minimum Gasteiger partial charge on any atom is -0.376 e. The van der Waals surface area contributed by atoms with Crippen molar-refractivity contribution in [2.75, 3.05) is 0 Å². The predicted octanol–water partition coefficient (Wildman–Crippen LogP) is 5.68. The molecule has 1 N–H and O–H groups in total. The quantitative estimate of drug-likeness (QED) is 0.505. The molecule has 0 aromatic heterocycles. The second-order valence-corrected chi connectivity index (χ2v) is 15.0. The van der Waals surface area contributed by atoms with Crippen molar-refractivity contribution in [2.45, 2.75) is 78.6 Å². The lowest BCUT2D eigenvalue weighted by atomic mass is 9.52. The molecule has 1 aromatic rings. The van der Waals surface area contributed by atoms with E-state index in [1.807, 2.05) is 12.1 Å². The molecular formula is C22H33FOSi. The first kappa shape index (κ1) is 20.2. The third kappa shape index (κ3) is 4.18. The van der Waals surface area contributed by atoms with Gasteiger partial charge in [0.2, 0.25) is 0 Å². The molecule has 0 spiro atoms. The molecule has 0 radical (unpaired) electrons. The summed E-state index contributed by atoms with van der Waals surface area (Å²) >= 11 is 0. The monoisotopic (exact) mass is 360 g/mol. The summed E-state index contributed by atoms with van der Waals surface area (Å²) in [7, 11) is -1.62. The van der Waals surface area contributed by atoms with Gasteiger partial charge in [-0.05, 0) is 42.4 Å². The van der Waals surface area contributed by atoms with Crippen LogP contribution in [-0.2, 0) is 0 Å². The second kappa shape index (κ2) is 6.25. The maximum Gasteiger partial charge on any atom is 0.136 e. The molecule has 2 unspecified atom stereocenters. The number of hydrogen-bond acceptors (Lipinski definition) is 1.